The van der Waals surface area contributed by atoms with Gasteiger partial charge in [-0.2, -0.15) is 0 Å². The highest BCUT2D eigenvalue weighted by atomic mass is 19.2. The van der Waals surface area contributed by atoms with E-state index < -0.39 is 23.3 Å². The van der Waals surface area contributed by atoms with Crippen LogP contribution in [0.1, 0.15) is 60.0 Å². The van der Waals surface area contributed by atoms with Gasteiger partial charge in [0.05, 0.1) is 6.61 Å². The summed E-state index contributed by atoms with van der Waals surface area (Å²) in [7, 11) is 0. The van der Waals surface area contributed by atoms with E-state index in [0.717, 1.165) is 18.4 Å². The van der Waals surface area contributed by atoms with Crippen molar-refractivity contribution in [1.82, 2.24) is 0 Å². The molecule has 1 nitrogen and oxygen atoms in total. The van der Waals surface area contributed by atoms with Crippen LogP contribution in [-0.2, 0) is 11.2 Å². The SMILES string of the molecule is C=CCCc1ccc(-c2ccc(C3CC=C(c4ccc(C5CO5)c(F)c4F)CC3)c(F)c2F)cc1. The van der Waals surface area contributed by atoms with Crippen LogP contribution in [0, 0.1) is 23.3 Å². The highest BCUT2D eigenvalue weighted by Crippen LogP contribution is 2.41. The Morgan fingerprint density at radius 2 is 1.49 bits per heavy atom. The van der Waals surface area contributed by atoms with E-state index >= 15 is 8.78 Å². The number of rotatable bonds is 7. The summed E-state index contributed by atoms with van der Waals surface area (Å²) in [5, 5.41) is 0. The van der Waals surface area contributed by atoms with Gasteiger partial charge in [0.25, 0.3) is 0 Å². The van der Waals surface area contributed by atoms with Gasteiger partial charge in [0.2, 0.25) is 0 Å². The second-order valence-electron chi connectivity index (χ2n) is 9.21. The van der Waals surface area contributed by atoms with E-state index in [9.17, 15) is 8.78 Å². The van der Waals surface area contributed by atoms with E-state index in [4.69, 9.17) is 4.74 Å². The molecule has 2 aliphatic rings. The summed E-state index contributed by atoms with van der Waals surface area (Å²) in [5.74, 6) is -3.67. The quantitative estimate of drug-likeness (QED) is 0.189. The number of ether oxygens (including phenoxy) is 1. The third-order valence-electron chi connectivity index (χ3n) is 7.00. The molecule has 2 atom stereocenters. The molecule has 1 aliphatic carbocycles. The van der Waals surface area contributed by atoms with Gasteiger partial charge in [-0.15, -0.1) is 6.58 Å². The number of hydrogen-bond donors (Lipinski definition) is 0. The van der Waals surface area contributed by atoms with Gasteiger partial charge in [0.15, 0.2) is 23.3 Å². The molecule has 0 amide bonds. The first-order valence-corrected chi connectivity index (χ1v) is 11.9. The zero-order valence-corrected chi connectivity index (χ0v) is 19.3. The fourth-order valence-corrected chi connectivity index (χ4v) is 4.87. The first-order chi connectivity index (χ1) is 17.0. The van der Waals surface area contributed by atoms with Crippen molar-refractivity contribution in [2.75, 3.05) is 6.61 Å². The van der Waals surface area contributed by atoms with Crippen molar-refractivity contribution in [2.24, 2.45) is 0 Å². The molecule has 0 aromatic heterocycles. The second-order valence-corrected chi connectivity index (χ2v) is 9.21. The van der Waals surface area contributed by atoms with Crippen LogP contribution in [0.15, 0.2) is 67.3 Å². The zero-order chi connectivity index (χ0) is 24.5. The molecule has 180 valence electrons. The van der Waals surface area contributed by atoms with Gasteiger partial charge in [0.1, 0.15) is 6.10 Å². The number of aryl methyl sites for hydroxylation is 1. The summed E-state index contributed by atoms with van der Waals surface area (Å²) >= 11 is 0. The van der Waals surface area contributed by atoms with Gasteiger partial charge in [-0.3, -0.25) is 0 Å². The lowest BCUT2D eigenvalue weighted by Gasteiger charge is -2.24. The molecular weight excluding hydrogens is 452 g/mol. The van der Waals surface area contributed by atoms with Crippen LogP contribution in [0.5, 0.6) is 0 Å². The standard InChI is InChI=1S/C30H26F4O/c1-2-3-4-18-5-7-19(8-6-18)22-13-14-23(28(32)27(22)31)20-9-11-21(12-10-20)24-15-16-25(26-17-35-26)30(34)29(24)33/h2,5-8,11,13-16,20,26H,1,3-4,9-10,12,17H2. The monoisotopic (exact) mass is 478 g/mol. The Morgan fingerprint density at radius 3 is 2.14 bits per heavy atom. The number of benzene rings is 3. The summed E-state index contributed by atoms with van der Waals surface area (Å²) in [4.78, 5) is 0. The third-order valence-corrected chi connectivity index (χ3v) is 7.00. The summed E-state index contributed by atoms with van der Waals surface area (Å²) in [5.41, 5.74) is 3.44. The Hall–Kier alpha value is -3.18. The number of hydrogen-bond acceptors (Lipinski definition) is 1. The average molecular weight is 479 g/mol. The molecule has 1 heterocycles. The van der Waals surface area contributed by atoms with Crippen molar-refractivity contribution < 1.29 is 22.3 Å². The molecule has 0 saturated carbocycles. The van der Waals surface area contributed by atoms with Gasteiger partial charge < -0.3 is 4.74 Å². The molecule has 1 fully saturated rings. The molecule has 0 spiro atoms. The minimum atomic E-state index is -0.875. The van der Waals surface area contributed by atoms with Crippen LogP contribution in [0.4, 0.5) is 17.6 Å². The van der Waals surface area contributed by atoms with Crippen LogP contribution < -0.4 is 0 Å². The summed E-state index contributed by atoms with van der Waals surface area (Å²) in [6.45, 7) is 4.12. The zero-order valence-electron chi connectivity index (χ0n) is 19.3. The molecule has 1 saturated heterocycles. The van der Waals surface area contributed by atoms with E-state index in [1.54, 1.807) is 36.4 Å². The normalized spacial score (nSPS) is 19.4. The lowest BCUT2D eigenvalue weighted by atomic mass is 9.81. The summed E-state index contributed by atoms with van der Waals surface area (Å²) in [6.07, 6.45) is 6.41. The predicted molar refractivity (Wildman–Crippen MR) is 130 cm³/mol. The van der Waals surface area contributed by atoms with Gasteiger partial charge in [-0.1, -0.05) is 60.7 Å². The third kappa shape index (κ3) is 4.70. The van der Waals surface area contributed by atoms with Crippen molar-refractivity contribution >= 4 is 5.57 Å². The number of epoxide rings is 1. The van der Waals surface area contributed by atoms with Crippen LogP contribution in [0.25, 0.3) is 16.7 Å². The van der Waals surface area contributed by atoms with Gasteiger partial charge >= 0.3 is 0 Å². The average Bonchev–Trinajstić information content (AvgIpc) is 3.72. The number of halogens is 4. The fourth-order valence-electron chi connectivity index (χ4n) is 4.87. The van der Waals surface area contributed by atoms with Gasteiger partial charge in [-0.05, 0) is 60.3 Å². The van der Waals surface area contributed by atoms with Crippen molar-refractivity contribution in [2.45, 2.75) is 44.1 Å². The maximum Gasteiger partial charge on any atom is 0.166 e. The van der Waals surface area contributed by atoms with Gasteiger partial charge in [0, 0.05) is 16.7 Å². The first-order valence-electron chi connectivity index (χ1n) is 11.9. The molecule has 35 heavy (non-hydrogen) atoms. The Balaban J connectivity index is 1.34. The highest BCUT2D eigenvalue weighted by molar-refractivity contribution is 5.68. The summed E-state index contributed by atoms with van der Waals surface area (Å²) in [6, 6.07) is 13.9. The molecule has 0 bridgehead atoms. The first kappa shape index (κ1) is 23.6. The van der Waals surface area contributed by atoms with Crippen molar-refractivity contribution in [1.29, 1.82) is 0 Å². The van der Waals surface area contributed by atoms with E-state index in [2.05, 4.69) is 6.58 Å². The Kier molecular flexibility index (Phi) is 6.61. The maximum absolute atomic E-state index is 15.1. The minimum absolute atomic E-state index is 0.226. The van der Waals surface area contributed by atoms with E-state index in [1.807, 2.05) is 24.3 Å². The topological polar surface area (TPSA) is 12.5 Å². The minimum Gasteiger partial charge on any atom is -0.368 e. The molecule has 2 unspecified atom stereocenters. The molecule has 5 heteroatoms. The van der Waals surface area contributed by atoms with Crippen LogP contribution in [-0.4, -0.2) is 6.61 Å². The van der Waals surface area contributed by atoms with Crippen molar-refractivity contribution in [3.05, 3.63) is 113 Å². The molecule has 1 aliphatic heterocycles. The second kappa shape index (κ2) is 9.82. The Morgan fingerprint density at radius 1 is 0.829 bits per heavy atom. The Bertz CT molecular complexity index is 1290. The van der Waals surface area contributed by atoms with Crippen LogP contribution in [0.3, 0.4) is 0 Å². The van der Waals surface area contributed by atoms with Crippen LogP contribution >= 0.6 is 0 Å². The lowest BCUT2D eigenvalue weighted by Crippen LogP contribution is -2.09. The smallest absolute Gasteiger partial charge is 0.166 e. The predicted octanol–water partition coefficient (Wildman–Crippen LogP) is 8.45. The highest BCUT2D eigenvalue weighted by Gasteiger charge is 2.31. The molecule has 5 rings (SSSR count). The van der Waals surface area contributed by atoms with Gasteiger partial charge in [-0.25, -0.2) is 17.6 Å². The molecule has 3 aromatic rings. The maximum atomic E-state index is 15.1. The molecule has 0 N–H and O–H groups in total. The van der Waals surface area contributed by atoms with E-state index in [-0.39, 0.29) is 28.7 Å². The lowest BCUT2D eigenvalue weighted by molar-refractivity contribution is 0.401. The summed E-state index contributed by atoms with van der Waals surface area (Å²) < 4.78 is 64.3. The Labute approximate surface area is 202 Å². The van der Waals surface area contributed by atoms with Crippen molar-refractivity contribution in [3.8, 4) is 11.1 Å². The van der Waals surface area contributed by atoms with E-state index in [1.165, 1.54) is 0 Å². The molecular formula is C30H26F4O. The molecule has 3 aromatic carbocycles. The van der Waals surface area contributed by atoms with Crippen LogP contribution in [0.2, 0.25) is 0 Å². The fraction of sp³-hybridized carbons (Fsp3) is 0.267. The molecule has 0 radical (unpaired) electrons. The van der Waals surface area contributed by atoms with Crippen molar-refractivity contribution in [3.63, 3.8) is 0 Å². The number of allylic oxidation sites excluding steroid dienone is 3. The largest absolute Gasteiger partial charge is 0.368 e. The van der Waals surface area contributed by atoms with E-state index in [0.29, 0.717) is 42.6 Å².